The molecule has 0 saturated heterocycles. The van der Waals surface area contributed by atoms with E-state index in [1.807, 2.05) is 20.8 Å². The number of halogens is 1. The molecule has 0 amide bonds. The Morgan fingerprint density at radius 1 is 1.38 bits per heavy atom. The van der Waals surface area contributed by atoms with Crippen molar-refractivity contribution in [2.24, 2.45) is 5.41 Å². The van der Waals surface area contributed by atoms with Crippen LogP contribution in [-0.4, -0.2) is 19.0 Å². The molecule has 0 aromatic heterocycles. The van der Waals surface area contributed by atoms with E-state index in [4.69, 9.17) is 4.74 Å². The molecule has 1 atom stereocenters. The third-order valence-corrected chi connectivity index (χ3v) is 2.37. The van der Waals surface area contributed by atoms with Gasteiger partial charge in [-0.15, -0.1) is 0 Å². The molecule has 0 aliphatic carbocycles. The molecule has 1 unspecified atom stereocenters. The van der Waals surface area contributed by atoms with Crippen molar-refractivity contribution in [1.82, 2.24) is 0 Å². The molecule has 0 aliphatic rings. The Morgan fingerprint density at radius 2 is 2.00 bits per heavy atom. The van der Waals surface area contributed by atoms with Gasteiger partial charge in [0.15, 0.2) is 5.78 Å². The lowest BCUT2D eigenvalue weighted by molar-refractivity contribution is 0.0195. The molecule has 0 aliphatic heterocycles. The number of carbonyl (C=O) groups excluding carboxylic acids is 1. The summed E-state index contributed by atoms with van der Waals surface area (Å²) in [4.78, 5) is 12.1. The molecular formula is C13H17FO2. The van der Waals surface area contributed by atoms with Crippen molar-refractivity contribution in [1.29, 1.82) is 0 Å². The van der Waals surface area contributed by atoms with Crippen LogP contribution in [-0.2, 0) is 4.74 Å². The van der Waals surface area contributed by atoms with Gasteiger partial charge in [0.25, 0.3) is 0 Å². The average Bonchev–Trinajstić information content (AvgIpc) is 2.16. The summed E-state index contributed by atoms with van der Waals surface area (Å²) < 4.78 is 18.2. The summed E-state index contributed by atoms with van der Waals surface area (Å²) in [6, 6.07) is 5.68. The highest BCUT2D eigenvalue weighted by molar-refractivity contribution is 5.99. The zero-order chi connectivity index (χ0) is 12.3. The summed E-state index contributed by atoms with van der Waals surface area (Å²) in [5, 5.41) is 0. The fourth-order valence-electron chi connectivity index (χ4n) is 1.65. The van der Waals surface area contributed by atoms with Crippen LogP contribution in [0.5, 0.6) is 0 Å². The van der Waals surface area contributed by atoms with Crippen LogP contribution in [0.3, 0.4) is 0 Å². The highest BCUT2D eigenvalue weighted by Gasteiger charge is 2.31. The molecule has 0 radical (unpaired) electrons. The van der Waals surface area contributed by atoms with Crippen LogP contribution in [0.2, 0.25) is 0 Å². The highest BCUT2D eigenvalue weighted by atomic mass is 19.1. The van der Waals surface area contributed by atoms with Crippen LogP contribution in [0.15, 0.2) is 24.3 Å². The monoisotopic (exact) mass is 224 g/mol. The second kappa shape index (κ2) is 4.74. The van der Waals surface area contributed by atoms with Crippen LogP contribution in [0.4, 0.5) is 4.39 Å². The standard InChI is InChI=1S/C13H17FO2/c1-13(2,3)12(16-4)11(15)9-6-5-7-10(14)8-9/h5-8,12H,1-4H3. The summed E-state index contributed by atoms with van der Waals surface area (Å²) in [7, 11) is 1.49. The number of ether oxygens (including phenoxy) is 1. The first kappa shape index (κ1) is 12.8. The predicted octanol–water partition coefficient (Wildman–Crippen LogP) is 3.07. The van der Waals surface area contributed by atoms with Crippen molar-refractivity contribution >= 4 is 5.78 Å². The summed E-state index contributed by atoms with van der Waals surface area (Å²) in [6.07, 6.45) is -0.561. The first-order valence-electron chi connectivity index (χ1n) is 5.19. The number of carbonyl (C=O) groups is 1. The van der Waals surface area contributed by atoms with E-state index in [-0.39, 0.29) is 11.2 Å². The van der Waals surface area contributed by atoms with Crippen molar-refractivity contribution in [2.45, 2.75) is 26.9 Å². The lowest BCUT2D eigenvalue weighted by Crippen LogP contribution is -2.36. The van der Waals surface area contributed by atoms with Gasteiger partial charge in [-0.25, -0.2) is 4.39 Å². The SMILES string of the molecule is COC(C(=O)c1cccc(F)c1)C(C)(C)C. The molecule has 0 saturated carbocycles. The van der Waals surface area contributed by atoms with Crippen LogP contribution < -0.4 is 0 Å². The van der Waals surface area contributed by atoms with Gasteiger partial charge < -0.3 is 4.74 Å². The lowest BCUT2D eigenvalue weighted by atomic mass is 9.84. The predicted molar refractivity (Wildman–Crippen MR) is 61.0 cm³/mol. The van der Waals surface area contributed by atoms with E-state index in [1.165, 1.54) is 25.3 Å². The van der Waals surface area contributed by atoms with Gasteiger partial charge in [0.1, 0.15) is 11.9 Å². The molecule has 88 valence electrons. The number of Topliss-reactive ketones (excluding diaryl/α,β-unsaturated/α-hetero) is 1. The van der Waals surface area contributed by atoms with Crippen molar-refractivity contribution in [3.63, 3.8) is 0 Å². The fourth-order valence-corrected chi connectivity index (χ4v) is 1.65. The van der Waals surface area contributed by atoms with E-state index in [2.05, 4.69) is 0 Å². The molecule has 0 bridgehead atoms. The zero-order valence-electron chi connectivity index (χ0n) is 10.1. The topological polar surface area (TPSA) is 26.3 Å². The van der Waals surface area contributed by atoms with Crippen molar-refractivity contribution in [3.05, 3.63) is 35.6 Å². The Hall–Kier alpha value is -1.22. The lowest BCUT2D eigenvalue weighted by Gasteiger charge is -2.28. The average molecular weight is 224 g/mol. The maximum atomic E-state index is 13.0. The first-order chi connectivity index (χ1) is 7.36. The molecule has 2 nitrogen and oxygen atoms in total. The largest absolute Gasteiger partial charge is 0.373 e. The molecule has 1 aromatic carbocycles. The maximum Gasteiger partial charge on any atom is 0.192 e. The number of benzene rings is 1. The van der Waals surface area contributed by atoms with Crippen LogP contribution >= 0.6 is 0 Å². The number of hydrogen-bond acceptors (Lipinski definition) is 2. The second-order valence-electron chi connectivity index (χ2n) is 4.86. The van der Waals surface area contributed by atoms with Crippen molar-refractivity contribution in [3.8, 4) is 0 Å². The number of rotatable bonds is 3. The fraction of sp³-hybridized carbons (Fsp3) is 0.462. The Bertz CT molecular complexity index is 380. The maximum absolute atomic E-state index is 13.0. The van der Waals surface area contributed by atoms with E-state index in [0.717, 1.165) is 0 Å². The molecule has 0 spiro atoms. The van der Waals surface area contributed by atoms with Gasteiger partial charge in [-0.3, -0.25) is 4.79 Å². The van der Waals surface area contributed by atoms with Gasteiger partial charge in [0.05, 0.1) is 0 Å². The van der Waals surface area contributed by atoms with Gasteiger partial charge in [-0.05, 0) is 17.5 Å². The smallest absolute Gasteiger partial charge is 0.192 e. The summed E-state index contributed by atoms with van der Waals surface area (Å²) in [5.41, 5.74) is 0.0415. The molecule has 1 aromatic rings. The molecule has 16 heavy (non-hydrogen) atoms. The van der Waals surface area contributed by atoms with E-state index < -0.39 is 11.9 Å². The van der Waals surface area contributed by atoms with Crippen molar-refractivity contribution in [2.75, 3.05) is 7.11 Å². The molecule has 0 fully saturated rings. The molecule has 3 heteroatoms. The molecular weight excluding hydrogens is 207 g/mol. The van der Waals surface area contributed by atoms with Gasteiger partial charge >= 0.3 is 0 Å². The van der Waals surface area contributed by atoms with Gasteiger partial charge in [0.2, 0.25) is 0 Å². The molecule has 0 heterocycles. The van der Waals surface area contributed by atoms with Gasteiger partial charge in [-0.2, -0.15) is 0 Å². The van der Waals surface area contributed by atoms with Crippen LogP contribution in [0, 0.1) is 11.2 Å². The number of ketones is 1. The van der Waals surface area contributed by atoms with Gasteiger partial charge in [0, 0.05) is 12.7 Å². The zero-order valence-corrected chi connectivity index (χ0v) is 10.1. The summed E-state index contributed by atoms with van der Waals surface area (Å²) in [6.45, 7) is 5.75. The second-order valence-corrected chi connectivity index (χ2v) is 4.86. The van der Waals surface area contributed by atoms with Crippen molar-refractivity contribution < 1.29 is 13.9 Å². The number of hydrogen-bond donors (Lipinski definition) is 0. The van der Waals surface area contributed by atoms with E-state index >= 15 is 0 Å². The number of methoxy groups -OCH3 is 1. The summed E-state index contributed by atoms with van der Waals surface area (Å²) >= 11 is 0. The first-order valence-corrected chi connectivity index (χ1v) is 5.19. The minimum Gasteiger partial charge on any atom is -0.373 e. The Morgan fingerprint density at radius 3 is 2.44 bits per heavy atom. The van der Waals surface area contributed by atoms with Gasteiger partial charge in [-0.1, -0.05) is 32.9 Å². The van der Waals surface area contributed by atoms with Crippen LogP contribution in [0.25, 0.3) is 0 Å². The van der Waals surface area contributed by atoms with E-state index in [9.17, 15) is 9.18 Å². The Labute approximate surface area is 95.4 Å². The third kappa shape index (κ3) is 2.89. The van der Waals surface area contributed by atoms with E-state index in [1.54, 1.807) is 6.07 Å². The quantitative estimate of drug-likeness (QED) is 0.737. The highest BCUT2D eigenvalue weighted by Crippen LogP contribution is 2.25. The Balaban J connectivity index is 3.01. The van der Waals surface area contributed by atoms with Crippen LogP contribution in [0.1, 0.15) is 31.1 Å². The normalized spacial score (nSPS) is 13.6. The Kier molecular flexibility index (Phi) is 3.81. The third-order valence-electron chi connectivity index (χ3n) is 2.37. The molecule has 0 N–H and O–H groups in total. The van der Waals surface area contributed by atoms with E-state index in [0.29, 0.717) is 5.56 Å². The molecule has 1 rings (SSSR count). The minimum absolute atomic E-state index is 0.186. The summed E-state index contributed by atoms with van der Waals surface area (Å²) in [5.74, 6) is -0.593. The minimum atomic E-state index is -0.561.